The summed E-state index contributed by atoms with van der Waals surface area (Å²) in [4.78, 5) is 2.28. The molecule has 0 aliphatic heterocycles. The van der Waals surface area contributed by atoms with Gasteiger partial charge in [0.25, 0.3) is 0 Å². The average molecular weight is 240 g/mol. The first kappa shape index (κ1) is 15.4. The van der Waals surface area contributed by atoms with E-state index in [4.69, 9.17) is 7.74 Å². The number of nitrogens with zero attached hydrogens (tertiary/aromatic N) is 1. The van der Waals surface area contributed by atoms with Gasteiger partial charge in [-0.15, -0.1) is 0 Å². The lowest BCUT2D eigenvalue weighted by Gasteiger charge is -2.32. The quantitative estimate of drug-likeness (QED) is 0.629. The van der Waals surface area contributed by atoms with Crippen LogP contribution < -0.4 is 0 Å². The Morgan fingerprint density at radius 3 is 2.33 bits per heavy atom. The van der Waals surface area contributed by atoms with E-state index < -0.39 is 0 Å². The van der Waals surface area contributed by atoms with Crippen molar-refractivity contribution in [3.8, 4) is 0 Å². The minimum Gasteiger partial charge on any atom is -0.350 e. The SMILES string of the molecule is [B][B]N(Cc1ccccc1)C(CC)CC(C)CC. The third-order valence-corrected chi connectivity index (χ3v) is 3.71. The molecule has 1 aromatic carbocycles. The van der Waals surface area contributed by atoms with Gasteiger partial charge < -0.3 is 4.81 Å². The molecule has 0 aliphatic carbocycles. The van der Waals surface area contributed by atoms with Crippen molar-refractivity contribution in [1.29, 1.82) is 0 Å². The second-order valence-electron chi connectivity index (χ2n) is 5.12. The molecular weight excluding hydrogens is 216 g/mol. The van der Waals surface area contributed by atoms with E-state index in [-0.39, 0.29) is 0 Å². The van der Waals surface area contributed by atoms with Crippen molar-refractivity contribution in [1.82, 2.24) is 4.81 Å². The lowest BCUT2D eigenvalue weighted by molar-refractivity contribution is 0.267. The Labute approximate surface area is 115 Å². The van der Waals surface area contributed by atoms with Gasteiger partial charge in [0, 0.05) is 14.3 Å². The largest absolute Gasteiger partial charge is 0.350 e. The van der Waals surface area contributed by atoms with E-state index in [0.717, 1.165) is 18.9 Å². The Bertz CT molecular complexity index is 316. The van der Waals surface area contributed by atoms with Crippen molar-refractivity contribution in [2.75, 3.05) is 0 Å². The van der Waals surface area contributed by atoms with Crippen LogP contribution in [0.3, 0.4) is 0 Å². The topological polar surface area (TPSA) is 3.24 Å². The predicted octanol–water partition coefficient (Wildman–Crippen LogP) is 3.41. The van der Waals surface area contributed by atoms with Gasteiger partial charge in [0.05, 0.1) is 0 Å². The first-order valence-corrected chi connectivity index (χ1v) is 7.05. The minimum absolute atomic E-state index is 0.546. The molecule has 1 aromatic rings. The van der Waals surface area contributed by atoms with Crippen LogP contribution in [0.25, 0.3) is 0 Å². The molecule has 0 aromatic heterocycles. The first-order chi connectivity index (χ1) is 8.71. The molecule has 0 saturated carbocycles. The normalized spacial score (nSPS) is 14.4. The van der Waals surface area contributed by atoms with Crippen LogP contribution in [-0.4, -0.2) is 25.9 Å². The molecule has 2 atom stereocenters. The van der Waals surface area contributed by atoms with Gasteiger partial charge in [-0.25, -0.2) is 0 Å². The molecule has 2 unspecified atom stereocenters. The summed E-state index contributed by atoms with van der Waals surface area (Å²) in [7, 11) is 7.57. The van der Waals surface area contributed by atoms with Crippen LogP contribution in [-0.2, 0) is 6.54 Å². The summed E-state index contributed by atoms with van der Waals surface area (Å²) in [6, 6.07) is 11.1. The highest BCUT2D eigenvalue weighted by molar-refractivity contribution is 6.87. The molecule has 3 radical (unpaired) electrons. The van der Waals surface area contributed by atoms with Gasteiger partial charge in [0.2, 0.25) is 0 Å². The zero-order chi connectivity index (χ0) is 13.4. The van der Waals surface area contributed by atoms with Crippen molar-refractivity contribution < 1.29 is 0 Å². The molecule has 1 rings (SSSR count). The summed E-state index contributed by atoms with van der Waals surface area (Å²) >= 11 is 0. The summed E-state index contributed by atoms with van der Waals surface area (Å²) in [6.07, 6.45) is 3.60. The van der Waals surface area contributed by atoms with Gasteiger partial charge in [0.1, 0.15) is 7.31 Å². The second kappa shape index (κ2) is 8.42. The third kappa shape index (κ3) is 4.89. The van der Waals surface area contributed by atoms with E-state index in [1.807, 2.05) is 0 Å². The zero-order valence-corrected chi connectivity index (χ0v) is 12.0. The average Bonchev–Trinajstić information content (AvgIpc) is 2.43. The Morgan fingerprint density at radius 1 is 1.17 bits per heavy atom. The van der Waals surface area contributed by atoms with Crippen molar-refractivity contribution in [3.63, 3.8) is 0 Å². The van der Waals surface area contributed by atoms with Crippen LogP contribution in [0.15, 0.2) is 30.3 Å². The van der Waals surface area contributed by atoms with Gasteiger partial charge in [-0.3, -0.25) is 0 Å². The van der Waals surface area contributed by atoms with E-state index in [0.29, 0.717) is 6.04 Å². The van der Waals surface area contributed by atoms with Crippen LogP contribution >= 0.6 is 0 Å². The Balaban J connectivity index is 2.62. The van der Waals surface area contributed by atoms with E-state index in [1.54, 1.807) is 7.31 Å². The van der Waals surface area contributed by atoms with Crippen LogP contribution in [0.2, 0.25) is 0 Å². The molecule has 3 heteroatoms. The summed E-state index contributed by atoms with van der Waals surface area (Å²) in [6.45, 7) is 7.73. The zero-order valence-electron chi connectivity index (χ0n) is 12.0. The molecular formula is C15H24B2N. The Morgan fingerprint density at radius 2 is 1.83 bits per heavy atom. The van der Waals surface area contributed by atoms with Crippen LogP contribution in [0, 0.1) is 5.92 Å². The summed E-state index contributed by atoms with van der Waals surface area (Å²) < 4.78 is 0. The molecule has 0 aliphatic rings. The van der Waals surface area contributed by atoms with Crippen LogP contribution in [0.1, 0.15) is 45.6 Å². The number of hydrogen-bond donors (Lipinski definition) is 0. The standard InChI is InChI=1S/C15H24B2N/c1-4-13(3)11-15(5-2)18(17-16)12-14-9-7-6-8-10-14/h6-10,13,15H,4-5,11-12H2,1-3H3. The minimum atomic E-state index is 0.546. The maximum Gasteiger partial charge on any atom is 0.149 e. The number of benzene rings is 1. The summed E-state index contributed by atoms with van der Waals surface area (Å²) in [5, 5.41) is 0. The lowest BCUT2D eigenvalue weighted by Crippen LogP contribution is -2.38. The van der Waals surface area contributed by atoms with Crippen molar-refractivity contribution in [3.05, 3.63) is 35.9 Å². The predicted molar refractivity (Wildman–Crippen MR) is 81.6 cm³/mol. The van der Waals surface area contributed by atoms with E-state index >= 15 is 0 Å². The van der Waals surface area contributed by atoms with E-state index in [1.165, 1.54) is 18.4 Å². The summed E-state index contributed by atoms with van der Waals surface area (Å²) in [5.41, 5.74) is 1.32. The maximum absolute atomic E-state index is 5.82. The van der Waals surface area contributed by atoms with Gasteiger partial charge in [0.15, 0.2) is 0 Å². The van der Waals surface area contributed by atoms with Crippen molar-refractivity contribution in [2.45, 2.75) is 52.6 Å². The fraction of sp³-hybridized carbons (Fsp3) is 0.600. The Hall–Kier alpha value is -0.690. The summed E-state index contributed by atoms with van der Waals surface area (Å²) in [5.74, 6) is 0.758. The first-order valence-electron chi connectivity index (χ1n) is 7.05. The van der Waals surface area contributed by atoms with Gasteiger partial charge in [-0.1, -0.05) is 57.5 Å². The van der Waals surface area contributed by atoms with Gasteiger partial charge in [-0.2, -0.15) is 0 Å². The molecule has 1 nitrogen and oxygen atoms in total. The fourth-order valence-corrected chi connectivity index (χ4v) is 2.27. The fourth-order valence-electron chi connectivity index (χ4n) is 2.27. The molecule has 0 N–H and O–H groups in total. The lowest BCUT2D eigenvalue weighted by atomic mass is 9.63. The molecule has 0 spiro atoms. The van der Waals surface area contributed by atoms with E-state index in [2.05, 4.69) is 55.9 Å². The highest BCUT2D eigenvalue weighted by atomic mass is 15.1. The molecule has 95 valence electrons. The second-order valence-corrected chi connectivity index (χ2v) is 5.12. The Kier molecular flexibility index (Phi) is 7.19. The number of hydrogen-bond acceptors (Lipinski definition) is 1. The molecule has 0 heterocycles. The highest BCUT2D eigenvalue weighted by Gasteiger charge is 2.17. The monoisotopic (exact) mass is 240 g/mol. The molecule has 0 bridgehead atoms. The van der Waals surface area contributed by atoms with Gasteiger partial charge >= 0.3 is 0 Å². The van der Waals surface area contributed by atoms with Crippen molar-refractivity contribution >= 4 is 15.0 Å². The van der Waals surface area contributed by atoms with Gasteiger partial charge in [-0.05, 0) is 30.4 Å². The maximum atomic E-state index is 5.82. The van der Waals surface area contributed by atoms with Crippen LogP contribution in [0.4, 0.5) is 0 Å². The molecule has 0 saturated heterocycles. The van der Waals surface area contributed by atoms with E-state index in [9.17, 15) is 0 Å². The highest BCUT2D eigenvalue weighted by Crippen LogP contribution is 2.18. The number of rotatable bonds is 8. The van der Waals surface area contributed by atoms with Crippen LogP contribution in [0.5, 0.6) is 0 Å². The molecule has 0 amide bonds. The van der Waals surface area contributed by atoms with Crippen molar-refractivity contribution in [2.24, 2.45) is 5.92 Å². The molecule has 18 heavy (non-hydrogen) atoms. The molecule has 0 fully saturated rings. The smallest absolute Gasteiger partial charge is 0.149 e. The third-order valence-electron chi connectivity index (χ3n) is 3.71.